The van der Waals surface area contributed by atoms with Gasteiger partial charge in [-0.05, 0) is 26.0 Å². The number of Topliss-reactive ketones (excluding diaryl/α,β-unsaturated/α-hetero) is 1. The van der Waals surface area contributed by atoms with Gasteiger partial charge in [0.1, 0.15) is 22.4 Å². The van der Waals surface area contributed by atoms with E-state index < -0.39 is 16.5 Å². The third-order valence-corrected chi connectivity index (χ3v) is 3.50. The Hall–Kier alpha value is -3.18. The maximum absolute atomic E-state index is 12.2. The van der Waals surface area contributed by atoms with Crippen LogP contribution in [0, 0.1) is 28.4 Å². The number of anilines is 1. The second-order valence-corrected chi connectivity index (χ2v) is 5.19. The molecule has 0 spiro atoms. The van der Waals surface area contributed by atoms with Crippen molar-refractivity contribution in [1.82, 2.24) is 0 Å². The summed E-state index contributed by atoms with van der Waals surface area (Å²) < 4.78 is 5.26. The lowest BCUT2D eigenvalue weighted by Crippen LogP contribution is -2.12. The van der Waals surface area contributed by atoms with Gasteiger partial charge in [-0.15, -0.1) is 0 Å². The van der Waals surface area contributed by atoms with Crippen molar-refractivity contribution in [3.8, 4) is 6.07 Å². The standard InChI is InChI=1S/C15H10ClN3O5/c1-7(20)13-8(2)24-15(10(13)6-17)18-14(21)9-3-4-11(16)12(5-9)19(22)23/h3-5H,1-2H3,(H,18,21). The van der Waals surface area contributed by atoms with Crippen molar-refractivity contribution in [2.45, 2.75) is 13.8 Å². The van der Waals surface area contributed by atoms with E-state index in [0.717, 1.165) is 6.07 Å². The minimum absolute atomic E-state index is 0.0478. The van der Waals surface area contributed by atoms with Crippen LogP contribution in [0.5, 0.6) is 0 Å². The van der Waals surface area contributed by atoms with Gasteiger partial charge in [-0.2, -0.15) is 5.26 Å². The predicted molar refractivity (Wildman–Crippen MR) is 84.2 cm³/mol. The summed E-state index contributed by atoms with van der Waals surface area (Å²) in [5, 5.41) is 22.3. The third kappa shape index (κ3) is 3.11. The number of hydrogen-bond donors (Lipinski definition) is 1. The Kier molecular flexibility index (Phi) is 4.66. The van der Waals surface area contributed by atoms with Crippen molar-refractivity contribution in [2.75, 3.05) is 5.32 Å². The van der Waals surface area contributed by atoms with Gasteiger partial charge in [0.2, 0.25) is 5.88 Å². The molecule has 2 rings (SSSR count). The van der Waals surface area contributed by atoms with Crippen molar-refractivity contribution in [2.24, 2.45) is 0 Å². The molecule has 0 bridgehead atoms. The van der Waals surface area contributed by atoms with Crippen molar-refractivity contribution in [3.63, 3.8) is 0 Å². The van der Waals surface area contributed by atoms with Crippen LogP contribution in [0.1, 0.15) is 39.0 Å². The molecule has 1 aromatic carbocycles. The number of benzene rings is 1. The number of carbonyl (C=O) groups excluding carboxylic acids is 2. The number of nitriles is 1. The Bertz CT molecular complexity index is 911. The van der Waals surface area contributed by atoms with Gasteiger partial charge in [-0.1, -0.05) is 11.6 Å². The van der Waals surface area contributed by atoms with E-state index in [-0.39, 0.29) is 39.1 Å². The number of ketones is 1. The van der Waals surface area contributed by atoms with Gasteiger partial charge in [0.25, 0.3) is 11.6 Å². The molecule has 0 unspecified atom stereocenters. The van der Waals surface area contributed by atoms with Crippen LogP contribution in [0.3, 0.4) is 0 Å². The molecule has 0 atom stereocenters. The highest BCUT2D eigenvalue weighted by molar-refractivity contribution is 6.32. The van der Waals surface area contributed by atoms with E-state index in [0.29, 0.717) is 0 Å². The number of amides is 1. The molecule has 0 aliphatic heterocycles. The van der Waals surface area contributed by atoms with Crippen molar-refractivity contribution in [1.29, 1.82) is 5.26 Å². The summed E-state index contributed by atoms with van der Waals surface area (Å²) in [5.74, 6) is -1.12. The molecular formula is C15H10ClN3O5. The highest BCUT2D eigenvalue weighted by atomic mass is 35.5. The molecule has 1 N–H and O–H groups in total. The SMILES string of the molecule is CC(=O)c1c(C)oc(NC(=O)c2ccc(Cl)c([N+](=O)[O-])c2)c1C#N. The second-order valence-electron chi connectivity index (χ2n) is 4.78. The summed E-state index contributed by atoms with van der Waals surface area (Å²) in [6.45, 7) is 2.76. The number of rotatable bonds is 4. The summed E-state index contributed by atoms with van der Waals surface area (Å²) in [5.41, 5.74) is -0.495. The molecule has 2 aromatic rings. The Labute approximate surface area is 140 Å². The lowest BCUT2D eigenvalue weighted by Gasteiger charge is -2.03. The van der Waals surface area contributed by atoms with Crippen LogP contribution in [-0.4, -0.2) is 16.6 Å². The van der Waals surface area contributed by atoms with Gasteiger partial charge < -0.3 is 4.42 Å². The van der Waals surface area contributed by atoms with Crippen LogP contribution in [0.25, 0.3) is 0 Å². The van der Waals surface area contributed by atoms with Gasteiger partial charge >= 0.3 is 0 Å². The number of carbonyl (C=O) groups is 2. The van der Waals surface area contributed by atoms with E-state index >= 15 is 0 Å². The summed E-state index contributed by atoms with van der Waals surface area (Å²) >= 11 is 5.69. The molecular weight excluding hydrogens is 338 g/mol. The van der Waals surface area contributed by atoms with Crippen molar-refractivity contribution >= 4 is 34.9 Å². The van der Waals surface area contributed by atoms with Gasteiger partial charge in [-0.25, -0.2) is 0 Å². The normalized spacial score (nSPS) is 10.1. The van der Waals surface area contributed by atoms with E-state index in [9.17, 15) is 25.0 Å². The minimum Gasteiger partial charge on any atom is -0.443 e. The van der Waals surface area contributed by atoms with E-state index in [2.05, 4.69) is 5.32 Å². The molecule has 0 fully saturated rings. The van der Waals surface area contributed by atoms with Crippen LogP contribution in [0.15, 0.2) is 22.6 Å². The van der Waals surface area contributed by atoms with E-state index in [1.54, 1.807) is 6.07 Å². The highest BCUT2D eigenvalue weighted by Crippen LogP contribution is 2.29. The zero-order valence-corrected chi connectivity index (χ0v) is 13.3. The van der Waals surface area contributed by atoms with Crippen LogP contribution in [0.4, 0.5) is 11.6 Å². The topological polar surface area (TPSA) is 126 Å². The lowest BCUT2D eigenvalue weighted by molar-refractivity contribution is -0.384. The molecule has 1 heterocycles. The average Bonchev–Trinajstić information content (AvgIpc) is 2.82. The van der Waals surface area contributed by atoms with Gasteiger partial charge in [0.05, 0.1) is 10.5 Å². The number of halogens is 1. The van der Waals surface area contributed by atoms with Gasteiger partial charge in [-0.3, -0.25) is 25.0 Å². The van der Waals surface area contributed by atoms with E-state index in [1.165, 1.54) is 26.0 Å². The molecule has 1 amide bonds. The molecule has 24 heavy (non-hydrogen) atoms. The zero-order valence-electron chi connectivity index (χ0n) is 12.5. The first-order valence-corrected chi connectivity index (χ1v) is 6.93. The summed E-state index contributed by atoms with van der Waals surface area (Å²) in [7, 11) is 0. The molecule has 0 saturated heterocycles. The number of nitrogens with zero attached hydrogens (tertiary/aromatic N) is 2. The fraction of sp³-hybridized carbons (Fsp3) is 0.133. The molecule has 122 valence electrons. The molecule has 0 aliphatic carbocycles. The smallest absolute Gasteiger partial charge is 0.288 e. The number of nitro benzene ring substituents is 1. The van der Waals surface area contributed by atoms with Crippen LogP contribution >= 0.6 is 11.6 Å². The third-order valence-electron chi connectivity index (χ3n) is 3.18. The molecule has 0 radical (unpaired) electrons. The fourth-order valence-corrected chi connectivity index (χ4v) is 2.32. The molecule has 8 nitrogen and oxygen atoms in total. The highest BCUT2D eigenvalue weighted by Gasteiger charge is 2.23. The quantitative estimate of drug-likeness (QED) is 0.512. The number of aryl methyl sites for hydroxylation is 1. The van der Waals surface area contributed by atoms with Gasteiger partial charge in [0, 0.05) is 11.6 Å². The van der Waals surface area contributed by atoms with Crippen molar-refractivity contribution < 1.29 is 18.9 Å². The second kappa shape index (κ2) is 6.52. The summed E-state index contributed by atoms with van der Waals surface area (Å²) in [4.78, 5) is 33.9. The maximum atomic E-state index is 12.2. The maximum Gasteiger partial charge on any atom is 0.288 e. The number of hydrogen-bond acceptors (Lipinski definition) is 6. The fourth-order valence-electron chi connectivity index (χ4n) is 2.13. The lowest BCUT2D eigenvalue weighted by atomic mass is 10.1. The Morgan fingerprint density at radius 2 is 2.08 bits per heavy atom. The molecule has 9 heteroatoms. The first-order valence-electron chi connectivity index (χ1n) is 6.56. The Morgan fingerprint density at radius 1 is 1.42 bits per heavy atom. The first-order chi connectivity index (χ1) is 11.3. The minimum atomic E-state index is -0.741. The number of nitrogens with one attached hydrogen (secondary N) is 1. The van der Waals surface area contributed by atoms with E-state index in [1.807, 2.05) is 0 Å². The molecule has 1 aromatic heterocycles. The Morgan fingerprint density at radius 3 is 2.62 bits per heavy atom. The van der Waals surface area contributed by atoms with Crippen molar-refractivity contribution in [3.05, 3.63) is 55.8 Å². The zero-order chi connectivity index (χ0) is 18.0. The van der Waals surface area contributed by atoms with Crippen LogP contribution < -0.4 is 5.32 Å². The van der Waals surface area contributed by atoms with Crippen LogP contribution in [0.2, 0.25) is 5.02 Å². The average molecular weight is 348 g/mol. The molecule has 0 aliphatic rings. The van der Waals surface area contributed by atoms with Gasteiger partial charge in [0.15, 0.2) is 5.78 Å². The number of furan rings is 1. The van der Waals surface area contributed by atoms with Crippen LogP contribution in [-0.2, 0) is 0 Å². The molecule has 0 saturated carbocycles. The predicted octanol–water partition coefficient (Wildman–Crippen LogP) is 3.48. The largest absolute Gasteiger partial charge is 0.443 e. The number of nitro groups is 1. The monoisotopic (exact) mass is 347 g/mol. The summed E-state index contributed by atoms with van der Waals surface area (Å²) in [6, 6.07) is 5.32. The Balaban J connectivity index is 2.40. The summed E-state index contributed by atoms with van der Waals surface area (Å²) in [6.07, 6.45) is 0. The first kappa shape index (κ1) is 17.2. The van der Waals surface area contributed by atoms with E-state index in [4.69, 9.17) is 16.0 Å².